The van der Waals surface area contributed by atoms with Crippen molar-refractivity contribution in [1.82, 2.24) is 5.32 Å². The van der Waals surface area contributed by atoms with Gasteiger partial charge in [-0.3, -0.25) is 9.10 Å². The molecule has 3 aromatic rings. The van der Waals surface area contributed by atoms with E-state index in [4.69, 9.17) is 23.2 Å². The van der Waals surface area contributed by atoms with Crippen LogP contribution in [0.15, 0.2) is 77.7 Å². The summed E-state index contributed by atoms with van der Waals surface area (Å²) in [7, 11) is -4.02. The van der Waals surface area contributed by atoms with Crippen LogP contribution in [0.3, 0.4) is 0 Å². The highest BCUT2D eigenvalue weighted by molar-refractivity contribution is 7.92. The molecule has 5 nitrogen and oxygen atoms in total. The van der Waals surface area contributed by atoms with Crippen LogP contribution >= 0.6 is 23.2 Å². The van der Waals surface area contributed by atoms with Crippen LogP contribution in [-0.2, 0) is 21.2 Å². The zero-order valence-electron chi connectivity index (χ0n) is 17.6. The maximum absolute atomic E-state index is 13.3. The highest BCUT2D eigenvalue weighted by Gasteiger charge is 2.28. The second kappa shape index (κ2) is 10.9. The van der Waals surface area contributed by atoms with E-state index in [0.29, 0.717) is 11.6 Å². The number of carbonyl (C=O) groups excluding carboxylic acids is 1. The van der Waals surface area contributed by atoms with Gasteiger partial charge in [-0.15, -0.1) is 0 Å². The topological polar surface area (TPSA) is 66.5 Å². The standard InChI is InChI=1S/C24H24Cl2N2O3S/c1-18-9-11-19(12-10-18)6-5-15-27-24(29)17-28(23-14-13-20(25)16-22(23)26)32(30,31)21-7-3-2-4-8-21/h2-4,7-14,16H,5-6,15,17H2,1H3,(H,27,29). The van der Waals surface area contributed by atoms with Crippen LogP contribution in [0.1, 0.15) is 17.5 Å². The second-order valence-electron chi connectivity index (χ2n) is 7.36. The molecule has 1 amide bonds. The molecule has 32 heavy (non-hydrogen) atoms. The van der Waals surface area contributed by atoms with Gasteiger partial charge in [0.05, 0.1) is 15.6 Å². The number of nitrogens with one attached hydrogen (secondary N) is 1. The number of halogens is 2. The molecule has 0 spiro atoms. The lowest BCUT2D eigenvalue weighted by Gasteiger charge is -2.25. The Hall–Kier alpha value is -2.54. The van der Waals surface area contributed by atoms with E-state index in [-0.39, 0.29) is 15.6 Å². The van der Waals surface area contributed by atoms with Crippen molar-refractivity contribution in [1.29, 1.82) is 0 Å². The summed E-state index contributed by atoms with van der Waals surface area (Å²) in [4.78, 5) is 12.7. The Labute approximate surface area is 199 Å². The number of rotatable bonds is 9. The lowest BCUT2D eigenvalue weighted by molar-refractivity contribution is -0.119. The number of hydrogen-bond acceptors (Lipinski definition) is 3. The average Bonchev–Trinajstić information content (AvgIpc) is 2.77. The summed E-state index contributed by atoms with van der Waals surface area (Å²) in [6.07, 6.45) is 1.55. The molecule has 0 saturated carbocycles. The van der Waals surface area contributed by atoms with Crippen molar-refractivity contribution in [2.75, 3.05) is 17.4 Å². The first-order chi connectivity index (χ1) is 15.3. The van der Waals surface area contributed by atoms with Crippen molar-refractivity contribution < 1.29 is 13.2 Å². The molecule has 168 valence electrons. The molecular weight excluding hydrogens is 467 g/mol. The molecule has 3 aromatic carbocycles. The molecule has 0 aromatic heterocycles. The van der Waals surface area contributed by atoms with Crippen molar-refractivity contribution in [3.63, 3.8) is 0 Å². The molecule has 0 fully saturated rings. The largest absolute Gasteiger partial charge is 0.355 e. The Kier molecular flexibility index (Phi) is 8.18. The summed E-state index contributed by atoms with van der Waals surface area (Å²) in [5.41, 5.74) is 2.57. The molecule has 3 rings (SSSR count). The van der Waals surface area contributed by atoms with Gasteiger partial charge < -0.3 is 5.32 Å². The molecule has 0 heterocycles. The minimum atomic E-state index is -4.02. The fourth-order valence-electron chi connectivity index (χ4n) is 3.16. The van der Waals surface area contributed by atoms with Gasteiger partial charge in [0.15, 0.2) is 0 Å². The number of aryl methyl sites for hydroxylation is 2. The van der Waals surface area contributed by atoms with E-state index < -0.39 is 22.5 Å². The first-order valence-corrected chi connectivity index (χ1v) is 12.3. The highest BCUT2D eigenvalue weighted by atomic mass is 35.5. The van der Waals surface area contributed by atoms with E-state index in [1.54, 1.807) is 18.2 Å². The maximum atomic E-state index is 13.3. The number of nitrogens with zero attached hydrogens (tertiary/aromatic N) is 1. The SMILES string of the molecule is Cc1ccc(CCCNC(=O)CN(c2ccc(Cl)cc2Cl)S(=O)(=O)c2ccccc2)cc1. The van der Waals surface area contributed by atoms with Crippen LogP contribution in [0.5, 0.6) is 0 Å². The Balaban J connectivity index is 1.72. The van der Waals surface area contributed by atoms with Crippen molar-refractivity contribution in [3.05, 3.63) is 94.0 Å². The lowest BCUT2D eigenvalue weighted by atomic mass is 10.1. The Morgan fingerprint density at radius 3 is 2.31 bits per heavy atom. The Morgan fingerprint density at radius 1 is 0.969 bits per heavy atom. The maximum Gasteiger partial charge on any atom is 0.264 e. The first kappa shape index (κ1) is 24.1. The number of carbonyl (C=O) groups is 1. The minimum Gasteiger partial charge on any atom is -0.355 e. The molecule has 0 saturated heterocycles. The summed E-state index contributed by atoms with van der Waals surface area (Å²) >= 11 is 12.3. The van der Waals surface area contributed by atoms with E-state index in [2.05, 4.69) is 29.6 Å². The molecule has 0 aliphatic heterocycles. The molecule has 0 aliphatic rings. The zero-order valence-corrected chi connectivity index (χ0v) is 19.9. The van der Waals surface area contributed by atoms with Crippen molar-refractivity contribution in [3.8, 4) is 0 Å². The van der Waals surface area contributed by atoms with Crippen molar-refractivity contribution in [2.24, 2.45) is 0 Å². The molecule has 0 bridgehead atoms. The monoisotopic (exact) mass is 490 g/mol. The van der Waals surface area contributed by atoms with Crippen LogP contribution in [-0.4, -0.2) is 27.4 Å². The summed E-state index contributed by atoms with van der Waals surface area (Å²) in [5.74, 6) is -0.417. The number of hydrogen-bond donors (Lipinski definition) is 1. The minimum absolute atomic E-state index is 0.0678. The Bertz CT molecular complexity index is 1170. The molecule has 0 radical (unpaired) electrons. The third kappa shape index (κ3) is 6.25. The summed E-state index contributed by atoms with van der Waals surface area (Å²) in [6.45, 7) is 2.07. The van der Waals surface area contributed by atoms with Crippen LogP contribution < -0.4 is 9.62 Å². The van der Waals surface area contributed by atoms with Gasteiger partial charge in [0.1, 0.15) is 6.54 Å². The number of anilines is 1. The van der Waals surface area contributed by atoms with E-state index in [1.807, 2.05) is 6.92 Å². The third-order valence-corrected chi connectivity index (χ3v) is 7.19. The third-order valence-electron chi connectivity index (χ3n) is 4.88. The highest BCUT2D eigenvalue weighted by Crippen LogP contribution is 2.32. The predicted molar refractivity (Wildman–Crippen MR) is 130 cm³/mol. The fraction of sp³-hybridized carbons (Fsp3) is 0.208. The quantitative estimate of drug-likeness (QED) is 0.416. The van der Waals surface area contributed by atoms with Gasteiger partial charge in [-0.2, -0.15) is 0 Å². The molecule has 8 heteroatoms. The summed E-state index contributed by atoms with van der Waals surface area (Å²) in [6, 6.07) is 20.6. The van der Waals surface area contributed by atoms with Gasteiger partial charge in [-0.05, 0) is 55.7 Å². The number of benzene rings is 3. The van der Waals surface area contributed by atoms with Gasteiger partial charge in [0.2, 0.25) is 5.91 Å². The summed E-state index contributed by atoms with van der Waals surface area (Å²) in [5, 5.41) is 3.32. The van der Waals surface area contributed by atoms with E-state index in [0.717, 1.165) is 17.1 Å². The van der Waals surface area contributed by atoms with Crippen molar-refractivity contribution in [2.45, 2.75) is 24.7 Å². The van der Waals surface area contributed by atoms with Crippen LogP contribution in [0.4, 0.5) is 5.69 Å². The first-order valence-electron chi connectivity index (χ1n) is 10.1. The Morgan fingerprint density at radius 2 is 1.66 bits per heavy atom. The second-order valence-corrected chi connectivity index (χ2v) is 10.1. The molecule has 0 atom stereocenters. The van der Waals surface area contributed by atoms with Crippen LogP contribution in [0.25, 0.3) is 0 Å². The summed E-state index contributed by atoms with van der Waals surface area (Å²) < 4.78 is 27.6. The number of amides is 1. The smallest absolute Gasteiger partial charge is 0.264 e. The van der Waals surface area contributed by atoms with E-state index >= 15 is 0 Å². The zero-order chi connectivity index (χ0) is 23.1. The van der Waals surface area contributed by atoms with Gasteiger partial charge in [-0.25, -0.2) is 8.42 Å². The molecule has 0 aliphatic carbocycles. The van der Waals surface area contributed by atoms with Crippen molar-refractivity contribution >= 4 is 44.8 Å². The molecule has 1 N–H and O–H groups in total. The fourth-order valence-corrected chi connectivity index (χ4v) is 5.19. The van der Waals surface area contributed by atoms with Gasteiger partial charge in [0, 0.05) is 11.6 Å². The number of sulfonamides is 1. The van der Waals surface area contributed by atoms with Crippen LogP contribution in [0, 0.1) is 6.92 Å². The molecule has 0 unspecified atom stereocenters. The van der Waals surface area contributed by atoms with Gasteiger partial charge in [-0.1, -0.05) is 71.2 Å². The molecular formula is C24H24Cl2N2O3S. The normalized spacial score (nSPS) is 11.2. The lowest BCUT2D eigenvalue weighted by Crippen LogP contribution is -2.41. The predicted octanol–water partition coefficient (Wildman–Crippen LogP) is 5.25. The van der Waals surface area contributed by atoms with Crippen LogP contribution in [0.2, 0.25) is 10.0 Å². The van der Waals surface area contributed by atoms with Gasteiger partial charge >= 0.3 is 0 Å². The van der Waals surface area contributed by atoms with Gasteiger partial charge in [0.25, 0.3) is 10.0 Å². The average molecular weight is 491 g/mol. The van der Waals surface area contributed by atoms with E-state index in [1.165, 1.54) is 41.5 Å². The van der Waals surface area contributed by atoms with E-state index in [9.17, 15) is 13.2 Å².